The minimum absolute atomic E-state index is 0.0992. The molecule has 0 saturated carbocycles. The largest absolute Gasteiger partial charge is 0.456 e. The summed E-state index contributed by atoms with van der Waals surface area (Å²) in [7, 11) is 0. The molecule has 6 heteroatoms. The van der Waals surface area contributed by atoms with Crippen molar-refractivity contribution >= 4 is 44.9 Å². The van der Waals surface area contributed by atoms with Crippen LogP contribution < -0.4 is 11.1 Å². The van der Waals surface area contributed by atoms with Gasteiger partial charge in [-0.2, -0.15) is 0 Å². The molecule has 0 atom stereocenters. The summed E-state index contributed by atoms with van der Waals surface area (Å²) < 4.78 is 6.09. The van der Waals surface area contributed by atoms with E-state index in [4.69, 9.17) is 22.7 Å². The Bertz CT molecular complexity index is 483. The Morgan fingerprint density at radius 1 is 1.44 bits per heavy atom. The number of esters is 1. The highest BCUT2D eigenvalue weighted by Gasteiger charge is 2.20. The van der Waals surface area contributed by atoms with Crippen LogP contribution in [-0.4, -0.2) is 16.7 Å². The molecule has 1 rings (SSSR count). The molecule has 0 radical (unpaired) electrons. The van der Waals surface area contributed by atoms with Gasteiger partial charge in [-0.05, 0) is 51.2 Å². The van der Waals surface area contributed by atoms with E-state index in [1.54, 1.807) is 18.2 Å². The Balaban J connectivity index is 3.08. The maximum absolute atomic E-state index is 12.0. The van der Waals surface area contributed by atoms with Crippen molar-refractivity contribution in [2.45, 2.75) is 26.4 Å². The molecule has 0 spiro atoms. The number of nitrogens with two attached hydrogens (primary N) is 1. The predicted octanol–water partition coefficient (Wildman–Crippen LogP) is 3.06. The zero-order valence-electron chi connectivity index (χ0n) is 10.4. The van der Waals surface area contributed by atoms with E-state index in [0.717, 1.165) is 4.47 Å². The van der Waals surface area contributed by atoms with Crippen LogP contribution in [0.5, 0.6) is 0 Å². The highest BCUT2D eigenvalue weighted by atomic mass is 79.9. The summed E-state index contributed by atoms with van der Waals surface area (Å²) in [6, 6.07) is 5.16. The molecule has 0 aliphatic heterocycles. The average molecular weight is 331 g/mol. The van der Waals surface area contributed by atoms with Gasteiger partial charge in [-0.25, -0.2) is 4.79 Å². The highest BCUT2D eigenvalue weighted by molar-refractivity contribution is 9.10. The number of rotatable bonds is 2. The van der Waals surface area contributed by atoms with Gasteiger partial charge in [-0.15, -0.1) is 0 Å². The normalized spacial score (nSPS) is 10.9. The molecule has 0 unspecified atom stereocenters. The maximum Gasteiger partial charge on any atom is 0.340 e. The molecule has 98 valence electrons. The number of hydrogen-bond acceptors (Lipinski definition) is 3. The van der Waals surface area contributed by atoms with Gasteiger partial charge in [0.2, 0.25) is 0 Å². The first kappa shape index (κ1) is 14.9. The quantitative estimate of drug-likeness (QED) is 0.644. The van der Waals surface area contributed by atoms with Crippen LogP contribution in [0, 0.1) is 0 Å². The SMILES string of the molecule is CC(C)(C)OC(=O)c1cc(Br)ccc1NC(N)=S. The number of carbonyl (C=O) groups is 1. The second kappa shape index (κ2) is 5.67. The lowest BCUT2D eigenvalue weighted by Crippen LogP contribution is -2.26. The fourth-order valence-electron chi connectivity index (χ4n) is 1.26. The molecule has 4 nitrogen and oxygen atoms in total. The van der Waals surface area contributed by atoms with Crippen molar-refractivity contribution in [3.8, 4) is 0 Å². The van der Waals surface area contributed by atoms with Crippen LogP contribution in [0.15, 0.2) is 22.7 Å². The van der Waals surface area contributed by atoms with Crippen molar-refractivity contribution in [3.63, 3.8) is 0 Å². The molecule has 0 saturated heterocycles. The molecule has 0 bridgehead atoms. The third-order valence-corrected chi connectivity index (χ3v) is 2.45. The molecule has 1 aromatic carbocycles. The van der Waals surface area contributed by atoms with Gasteiger partial charge in [-0.1, -0.05) is 15.9 Å². The molecule has 0 aromatic heterocycles. The lowest BCUT2D eigenvalue weighted by atomic mass is 10.1. The van der Waals surface area contributed by atoms with Crippen molar-refractivity contribution in [2.75, 3.05) is 5.32 Å². The molecule has 18 heavy (non-hydrogen) atoms. The molecule has 0 fully saturated rings. The van der Waals surface area contributed by atoms with Crippen molar-refractivity contribution in [1.29, 1.82) is 0 Å². The van der Waals surface area contributed by atoms with Gasteiger partial charge in [0.25, 0.3) is 0 Å². The first-order chi connectivity index (χ1) is 8.19. The fourth-order valence-corrected chi connectivity index (χ4v) is 1.73. The summed E-state index contributed by atoms with van der Waals surface area (Å²) in [5, 5.41) is 2.85. The van der Waals surface area contributed by atoms with Gasteiger partial charge in [-0.3, -0.25) is 0 Å². The Hall–Kier alpha value is -1.14. The highest BCUT2D eigenvalue weighted by Crippen LogP contribution is 2.23. The van der Waals surface area contributed by atoms with Gasteiger partial charge in [0.15, 0.2) is 5.11 Å². The Labute approximate surface area is 120 Å². The summed E-state index contributed by atoms with van der Waals surface area (Å²) in [5.41, 5.74) is 5.77. The molecule has 0 aliphatic carbocycles. The van der Waals surface area contributed by atoms with E-state index >= 15 is 0 Å². The van der Waals surface area contributed by atoms with E-state index in [2.05, 4.69) is 21.2 Å². The van der Waals surface area contributed by atoms with Crippen LogP contribution in [0.2, 0.25) is 0 Å². The van der Waals surface area contributed by atoms with Crippen LogP contribution in [0.1, 0.15) is 31.1 Å². The summed E-state index contributed by atoms with van der Waals surface area (Å²) in [5.74, 6) is -0.428. The third-order valence-electron chi connectivity index (χ3n) is 1.86. The summed E-state index contributed by atoms with van der Waals surface area (Å²) in [6.45, 7) is 5.43. The molecular formula is C12H15BrN2O2S. The lowest BCUT2D eigenvalue weighted by molar-refractivity contribution is 0.00707. The molecule has 1 aromatic rings. The van der Waals surface area contributed by atoms with Gasteiger partial charge in [0.05, 0.1) is 11.3 Å². The molecule has 3 N–H and O–H groups in total. The Kier molecular flexibility index (Phi) is 4.70. The van der Waals surface area contributed by atoms with Crippen molar-refractivity contribution in [1.82, 2.24) is 0 Å². The molecule has 0 aliphatic rings. The van der Waals surface area contributed by atoms with Gasteiger partial charge >= 0.3 is 5.97 Å². The minimum atomic E-state index is -0.556. The van der Waals surface area contributed by atoms with Crippen LogP contribution in [0.25, 0.3) is 0 Å². The number of halogens is 1. The number of ether oxygens (including phenoxy) is 1. The summed E-state index contributed by atoms with van der Waals surface area (Å²) in [6.07, 6.45) is 0. The Morgan fingerprint density at radius 3 is 2.56 bits per heavy atom. The monoisotopic (exact) mass is 330 g/mol. The fraction of sp³-hybridized carbons (Fsp3) is 0.333. The zero-order valence-corrected chi connectivity index (χ0v) is 12.8. The van der Waals surface area contributed by atoms with E-state index in [1.165, 1.54) is 0 Å². The third kappa shape index (κ3) is 4.62. The molecule has 0 heterocycles. The average Bonchev–Trinajstić information content (AvgIpc) is 2.17. The minimum Gasteiger partial charge on any atom is -0.456 e. The summed E-state index contributed by atoms with van der Waals surface area (Å²) >= 11 is 8.08. The smallest absolute Gasteiger partial charge is 0.340 e. The van der Waals surface area contributed by atoms with Crippen molar-refractivity contribution in [2.24, 2.45) is 5.73 Å². The maximum atomic E-state index is 12.0. The Morgan fingerprint density at radius 2 is 2.06 bits per heavy atom. The molecule has 0 amide bonds. The standard InChI is InChI=1S/C12H15BrN2O2S/c1-12(2,3)17-10(16)8-6-7(13)4-5-9(8)15-11(14)18/h4-6H,1-3H3,(H3,14,15,18). The number of benzene rings is 1. The zero-order chi connectivity index (χ0) is 13.9. The van der Waals surface area contributed by atoms with E-state index in [1.807, 2.05) is 20.8 Å². The van der Waals surface area contributed by atoms with Gasteiger partial charge < -0.3 is 15.8 Å². The number of thiocarbonyl (C=S) groups is 1. The number of hydrogen-bond donors (Lipinski definition) is 2. The second-order valence-corrected chi connectivity index (χ2v) is 6.04. The van der Waals surface area contributed by atoms with Crippen LogP contribution in [0.4, 0.5) is 5.69 Å². The van der Waals surface area contributed by atoms with Crippen LogP contribution >= 0.6 is 28.1 Å². The first-order valence-corrected chi connectivity index (χ1v) is 6.48. The van der Waals surface area contributed by atoms with E-state index < -0.39 is 11.6 Å². The predicted molar refractivity (Wildman–Crippen MR) is 79.7 cm³/mol. The second-order valence-electron chi connectivity index (χ2n) is 4.68. The van der Waals surface area contributed by atoms with E-state index in [-0.39, 0.29) is 5.11 Å². The molecular weight excluding hydrogens is 316 g/mol. The lowest BCUT2D eigenvalue weighted by Gasteiger charge is -2.20. The summed E-state index contributed by atoms with van der Waals surface area (Å²) in [4.78, 5) is 12.0. The topological polar surface area (TPSA) is 64.3 Å². The van der Waals surface area contributed by atoms with Crippen molar-refractivity contribution < 1.29 is 9.53 Å². The van der Waals surface area contributed by atoms with E-state index in [0.29, 0.717) is 11.3 Å². The van der Waals surface area contributed by atoms with Gasteiger partial charge in [0.1, 0.15) is 5.60 Å². The number of carbonyl (C=O) groups excluding carboxylic acids is 1. The van der Waals surface area contributed by atoms with Crippen molar-refractivity contribution in [3.05, 3.63) is 28.2 Å². The number of anilines is 1. The van der Waals surface area contributed by atoms with Crippen LogP contribution in [-0.2, 0) is 4.74 Å². The van der Waals surface area contributed by atoms with E-state index in [9.17, 15) is 4.79 Å². The van der Waals surface area contributed by atoms with Crippen LogP contribution in [0.3, 0.4) is 0 Å². The number of nitrogens with one attached hydrogen (secondary N) is 1. The van der Waals surface area contributed by atoms with Gasteiger partial charge in [0, 0.05) is 4.47 Å². The first-order valence-electron chi connectivity index (χ1n) is 5.28.